The van der Waals surface area contributed by atoms with Gasteiger partial charge in [-0.15, -0.1) is 0 Å². The number of rotatable bonds is 3. The second-order valence-electron chi connectivity index (χ2n) is 9.85. The Bertz CT molecular complexity index is 751. The van der Waals surface area contributed by atoms with Crippen molar-refractivity contribution in [2.45, 2.75) is 76.4 Å². The molecular weight excluding hydrogens is 409 g/mol. The van der Waals surface area contributed by atoms with Gasteiger partial charge >= 0.3 is 6.09 Å². The number of carbonyl (C=O) groups is 1. The van der Waals surface area contributed by atoms with Gasteiger partial charge in [0.05, 0.1) is 15.6 Å². The smallest absolute Gasteiger partial charge is 0.410 e. The molecule has 162 valence electrons. The third kappa shape index (κ3) is 4.86. The molecule has 0 spiro atoms. The highest BCUT2D eigenvalue weighted by Crippen LogP contribution is 2.52. The number of methoxy groups -OCH3 is 1. The van der Waals surface area contributed by atoms with Crippen LogP contribution in [-0.4, -0.2) is 42.4 Å². The van der Waals surface area contributed by atoms with Gasteiger partial charge in [0, 0.05) is 25.6 Å². The summed E-state index contributed by atoms with van der Waals surface area (Å²) in [5, 5.41) is 1.16. The standard InChI is InChI=1S/C23H33Cl2NO3/c1-21(2,3)29-20(27)26-13-8-17(15-26)23(11-9-22(4,28-5)10-12-23)16-6-7-18(24)19(25)14-16/h6-7,14,17H,8-13,15H2,1-5H3/t17-,22-,23-/m0/s1. The molecule has 1 amide bonds. The summed E-state index contributed by atoms with van der Waals surface area (Å²) in [6.45, 7) is 9.34. The summed E-state index contributed by atoms with van der Waals surface area (Å²) in [6.07, 6.45) is 4.70. The number of hydrogen-bond acceptors (Lipinski definition) is 3. The van der Waals surface area contributed by atoms with Gasteiger partial charge in [-0.05, 0) is 83.4 Å². The molecule has 1 aromatic carbocycles. The molecule has 0 radical (unpaired) electrons. The Kier molecular flexibility index (Phi) is 6.48. The summed E-state index contributed by atoms with van der Waals surface area (Å²) in [5.74, 6) is 0.355. The Morgan fingerprint density at radius 2 is 1.79 bits per heavy atom. The van der Waals surface area contributed by atoms with Gasteiger partial charge < -0.3 is 14.4 Å². The lowest BCUT2D eigenvalue weighted by atomic mass is 9.59. The summed E-state index contributed by atoms with van der Waals surface area (Å²) in [4.78, 5) is 14.5. The van der Waals surface area contributed by atoms with Crippen LogP contribution in [0.4, 0.5) is 4.79 Å². The van der Waals surface area contributed by atoms with Gasteiger partial charge in [-0.1, -0.05) is 29.3 Å². The average Bonchev–Trinajstić information content (AvgIpc) is 3.14. The zero-order valence-corrected chi connectivity index (χ0v) is 19.7. The number of carbonyl (C=O) groups excluding carboxylic acids is 1. The van der Waals surface area contributed by atoms with Crippen LogP contribution in [0.3, 0.4) is 0 Å². The molecule has 0 N–H and O–H groups in total. The van der Waals surface area contributed by atoms with E-state index in [1.807, 2.05) is 37.8 Å². The van der Waals surface area contributed by atoms with E-state index in [-0.39, 0.29) is 17.1 Å². The second-order valence-corrected chi connectivity index (χ2v) is 10.7. The molecule has 1 saturated carbocycles. The Hall–Kier alpha value is -0.970. The van der Waals surface area contributed by atoms with Gasteiger partial charge in [0.1, 0.15) is 5.60 Å². The topological polar surface area (TPSA) is 38.8 Å². The van der Waals surface area contributed by atoms with Crippen LogP contribution in [0.1, 0.15) is 65.4 Å². The first-order valence-electron chi connectivity index (χ1n) is 10.5. The number of hydrogen-bond donors (Lipinski definition) is 0. The van der Waals surface area contributed by atoms with E-state index in [1.54, 1.807) is 7.11 Å². The van der Waals surface area contributed by atoms with Crippen LogP contribution in [0.25, 0.3) is 0 Å². The molecule has 1 aromatic rings. The van der Waals surface area contributed by atoms with Crippen molar-refractivity contribution in [3.8, 4) is 0 Å². The second kappa shape index (κ2) is 8.28. The minimum Gasteiger partial charge on any atom is -0.444 e. The summed E-state index contributed by atoms with van der Waals surface area (Å²) < 4.78 is 11.4. The van der Waals surface area contributed by atoms with Crippen molar-refractivity contribution < 1.29 is 14.3 Å². The van der Waals surface area contributed by atoms with Crippen molar-refractivity contribution >= 4 is 29.3 Å². The first kappa shape index (κ1) is 22.7. The number of likely N-dealkylation sites (tertiary alicyclic amines) is 1. The molecule has 1 saturated heterocycles. The van der Waals surface area contributed by atoms with Gasteiger partial charge in [-0.25, -0.2) is 4.79 Å². The van der Waals surface area contributed by atoms with Crippen molar-refractivity contribution in [2.75, 3.05) is 20.2 Å². The molecule has 1 aliphatic carbocycles. The largest absolute Gasteiger partial charge is 0.444 e. The van der Waals surface area contributed by atoms with E-state index in [0.717, 1.165) is 38.6 Å². The molecule has 1 heterocycles. The van der Waals surface area contributed by atoms with E-state index in [2.05, 4.69) is 13.0 Å². The van der Waals surface area contributed by atoms with Crippen LogP contribution in [0, 0.1) is 5.92 Å². The predicted molar refractivity (Wildman–Crippen MR) is 118 cm³/mol. The summed E-state index contributed by atoms with van der Waals surface area (Å²) in [6, 6.07) is 6.03. The molecule has 29 heavy (non-hydrogen) atoms. The van der Waals surface area contributed by atoms with Gasteiger partial charge in [0.15, 0.2) is 0 Å². The van der Waals surface area contributed by atoms with Crippen LogP contribution >= 0.6 is 23.2 Å². The molecule has 2 aliphatic rings. The van der Waals surface area contributed by atoms with E-state index in [1.165, 1.54) is 5.56 Å². The molecule has 2 fully saturated rings. The maximum atomic E-state index is 12.6. The maximum Gasteiger partial charge on any atom is 0.410 e. The molecule has 0 aromatic heterocycles. The molecule has 1 aliphatic heterocycles. The van der Waals surface area contributed by atoms with Crippen molar-refractivity contribution in [3.63, 3.8) is 0 Å². The van der Waals surface area contributed by atoms with E-state index in [0.29, 0.717) is 22.5 Å². The highest BCUT2D eigenvalue weighted by atomic mass is 35.5. The van der Waals surface area contributed by atoms with Crippen LogP contribution in [0.2, 0.25) is 10.0 Å². The molecule has 1 atom stereocenters. The summed E-state index contributed by atoms with van der Waals surface area (Å²) in [5.41, 5.74) is 0.606. The van der Waals surface area contributed by atoms with Crippen LogP contribution in [-0.2, 0) is 14.9 Å². The summed E-state index contributed by atoms with van der Waals surface area (Å²) >= 11 is 12.6. The first-order chi connectivity index (χ1) is 13.5. The number of benzene rings is 1. The highest BCUT2D eigenvalue weighted by Gasteiger charge is 2.49. The van der Waals surface area contributed by atoms with Gasteiger partial charge in [-0.3, -0.25) is 0 Å². The third-order valence-electron chi connectivity index (χ3n) is 6.81. The van der Waals surface area contributed by atoms with Crippen molar-refractivity contribution in [2.24, 2.45) is 5.92 Å². The monoisotopic (exact) mass is 441 g/mol. The van der Waals surface area contributed by atoms with Crippen LogP contribution < -0.4 is 0 Å². The lowest BCUT2D eigenvalue weighted by molar-refractivity contribution is -0.0474. The maximum absolute atomic E-state index is 12.6. The quantitative estimate of drug-likeness (QED) is 0.539. The average molecular weight is 442 g/mol. The van der Waals surface area contributed by atoms with Gasteiger partial charge in [0.2, 0.25) is 0 Å². The molecule has 6 heteroatoms. The predicted octanol–water partition coefficient (Wildman–Crippen LogP) is 6.47. The minimum absolute atomic E-state index is 0.0387. The highest BCUT2D eigenvalue weighted by molar-refractivity contribution is 6.42. The minimum atomic E-state index is -0.484. The molecule has 0 bridgehead atoms. The van der Waals surface area contributed by atoms with E-state index in [9.17, 15) is 4.79 Å². The lowest BCUT2D eigenvalue weighted by Gasteiger charge is -2.48. The lowest BCUT2D eigenvalue weighted by Crippen LogP contribution is -2.46. The van der Waals surface area contributed by atoms with Gasteiger partial charge in [0.25, 0.3) is 0 Å². The number of amides is 1. The molecule has 3 rings (SSSR count). The SMILES string of the molecule is CO[C@]1(C)CC[C@@](c2ccc(Cl)c(Cl)c2)([C@H]2CCN(C(=O)OC(C)(C)C)C2)CC1. The fraction of sp³-hybridized carbons (Fsp3) is 0.696. The van der Waals surface area contributed by atoms with Crippen molar-refractivity contribution in [1.82, 2.24) is 4.90 Å². The van der Waals surface area contributed by atoms with Gasteiger partial charge in [-0.2, -0.15) is 0 Å². The van der Waals surface area contributed by atoms with Crippen LogP contribution in [0.5, 0.6) is 0 Å². The van der Waals surface area contributed by atoms with E-state index in [4.69, 9.17) is 32.7 Å². The normalized spacial score (nSPS) is 30.4. The fourth-order valence-corrected chi connectivity index (χ4v) is 5.17. The van der Waals surface area contributed by atoms with E-state index < -0.39 is 5.60 Å². The van der Waals surface area contributed by atoms with Crippen molar-refractivity contribution in [1.29, 1.82) is 0 Å². The molecular formula is C23H33Cl2NO3. The van der Waals surface area contributed by atoms with Crippen LogP contribution in [0.15, 0.2) is 18.2 Å². The Morgan fingerprint density at radius 3 is 2.34 bits per heavy atom. The van der Waals surface area contributed by atoms with E-state index >= 15 is 0 Å². The Balaban J connectivity index is 1.87. The fourth-order valence-electron chi connectivity index (χ4n) is 4.87. The zero-order chi connectivity index (χ0) is 21.4. The zero-order valence-electron chi connectivity index (χ0n) is 18.2. The Morgan fingerprint density at radius 1 is 1.14 bits per heavy atom. The number of nitrogens with zero attached hydrogens (tertiary/aromatic N) is 1. The van der Waals surface area contributed by atoms with Crippen molar-refractivity contribution in [3.05, 3.63) is 33.8 Å². The molecule has 0 unspecified atom stereocenters. The number of ether oxygens (including phenoxy) is 2. The third-order valence-corrected chi connectivity index (χ3v) is 7.55. The molecule has 4 nitrogen and oxygen atoms in total. The Labute approximate surface area is 184 Å². The first-order valence-corrected chi connectivity index (χ1v) is 11.2. The summed E-state index contributed by atoms with van der Waals surface area (Å²) in [7, 11) is 1.80. The number of halogens is 2.